The lowest BCUT2D eigenvalue weighted by Crippen LogP contribution is -2.25. The van der Waals surface area contributed by atoms with Gasteiger partial charge in [-0.2, -0.15) is 0 Å². The number of benzene rings is 2. The standard InChI is InChI=1S/C20H23N3O/c1-15-4-9-18-19(14-15)22-20(21-18)16-5-7-17(8-6-16)24-13-12-23-10-2-3-11-23/h4-9,14H,2-3,10-13H2,1H3,(H,21,22). The number of aromatic nitrogens is 2. The summed E-state index contributed by atoms with van der Waals surface area (Å²) in [5.41, 5.74) is 4.40. The molecule has 4 rings (SSSR count). The van der Waals surface area contributed by atoms with Crippen molar-refractivity contribution in [2.75, 3.05) is 26.2 Å². The molecule has 2 heterocycles. The molecule has 2 aromatic carbocycles. The number of nitrogens with one attached hydrogen (secondary N) is 1. The van der Waals surface area contributed by atoms with Gasteiger partial charge in [0.1, 0.15) is 18.2 Å². The lowest BCUT2D eigenvalue weighted by molar-refractivity contribution is 0.238. The molecule has 0 bridgehead atoms. The summed E-state index contributed by atoms with van der Waals surface area (Å²) in [6, 6.07) is 14.5. The van der Waals surface area contributed by atoms with Gasteiger partial charge in [0.25, 0.3) is 0 Å². The maximum Gasteiger partial charge on any atom is 0.138 e. The quantitative estimate of drug-likeness (QED) is 0.772. The molecule has 4 heteroatoms. The summed E-state index contributed by atoms with van der Waals surface area (Å²) in [5.74, 6) is 1.82. The van der Waals surface area contributed by atoms with Crippen LogP contribution in [-0.2, 0) is 0 Å². The Morgan fingerprint density at radius 3 is 2.67 bits per heavy atom. The Morgan fingerprint density at radius 1 is 1.08 bits per heavy atom. The summed E-state index contributed by atoms with van der Waals surface area (Å²) in [4.78, 5) is 10.5. The zero-order valence-electron chi connectivity index (χ0n) is 14.1. The molecule has 124 valence electrons. The molecule has 0 unspecified atom stereocenters. The van der Waals surface area contributed by atoms with E-state index in [9.17, 15) is 0 Å². The molecule has 1 N–H and O–H groups in total. The van der Waals surface area contributed by atoms with Crippen molar-refractivity contribution >= 4 is 11.0 Å². The average Bonchev–Trinajstić information content (AvgIpc) is 3.24. The number of imidazole rings is 1. The van der Waals surface area contributed by atoms with Crippen molar-refractivity contribution in [1.29, 1.82) is 0 Å². The van der Waals surface area contributed by atoms with Crippen molar-refractivity contribution in [2.45, 2.75) is 19.8 Å². The molecule has 0 spiro atoms. The molecule has 1 fully saturated rings. The van der Waals surface area contributed by atoms with Gasteiger partial charge < -0.3 is 9.72 Å². The fourth-order valence-electron chi connectivity index (χ4n) is 3.27. The number of ether oxygens (including phenoxy) is 1. The monoisotopic (exact) mass is 321 g/mol. The number of hydrogen-bond acceptors (Lipinski definition) is 3. The average molecular weight is 321 g/mol. The third-order valence-corrected chi connectivity index (χ3v) is 4.64. The molecule has 0 amide bonds. The van der Waals surface area contributed by atoms with Crippen molar-refractivity contribution in [3.63, 3.8) is 0 Å². The van der Waals surface area contributed by atoms with E-state index in [1.165, 1.54) is 31.5 Å². The molecule has 1 aromatic heterocycles. The minimum absolute atomic E-state index is 0.753. The van der Waals surface area contributed by atoms with Crippen LogP contribution in [0.2, 0.25) is 0 Å². The normalized spacial score (nSPS) is 15.2. The number of nitrogens with zero attached hydrogens (tertiary/aromatic N) is 2. The zero-order chi connectivity index (χ0) is 16.4. The Morgan fingerprint density at radius 2 is 1.88 bits per heavy atom. The second-order valence-corrected chi connectivity index (χ2v) is 6.53. The number of aromatic amines is 1. The third kappa shape index (κ3) is 3.29. The van der Waals surface area contributed by atoms with E-state index in [2.05, 4.69) is 52.1 Å². The summed E-state index contributed by atoms with van der Waals surface area (Å²) in [6.45, 7) is 6.30. The number of likely N-dealkylation sites (tertiary alicyclic amines) is 1. The summed E-state index contributed by atoms with van der Waals surface area (Å²) in [5, 5.41) is 0. The van der Waals surface area contributed by atoms with E-state index in [0.717, 1.165) is 41.3 Å². The van der Waals surface area contributed by atoms with Gasteiger partial charge in [-0.15, -0.1) is 0 Å². The van der Waals surface area contributed by atoms with E-state index in [1.807, 2.05) is 12.1 Å². The maximum absolute atomic E-state index is 5.86. The van der Waals surface area contributed by atoms with Gasteiger partial charge in [0.05, 0.1) is 11.0 Å². The lowest BCUT2D eigenvalue weighted by atomic mass is 10.2. The van der Waals surface area contributed by atoms with Gasteiger partial charge >= 0.3 is 0 Å². The highest BCUT2D eigenvalue weighted by Crippen LogP contribution is 2.23. The van der Waals surface area contributed by atoms with E-state index >= 15 is 0 Å². The zero-order valence-corrected chi connectivity index (χ0v) is 14.1. The first-order valence-electron chi connectivity index (χ1n) is 8.70. The van der Waals surface area contributed by atoms with Crippen LogP contribution in [0.25, 0.3) is 22.4 Å². The fraction of sp³-hybridized carbons (Fsp3) is 0.350. The van der Waals surface area contributed by atoms with Crippen LogP contribution in [0.5, 0.6) is 5.75 Å². The minimum atomic E-state index is 0.753. The topological polar surface area (TPSA) is 41.1 Å². The van der Waals surface area contributed by atoms with E-state index < -0.39 is 0 Å². The van der Waals surface area contributed by atoms with Crippen LogP contribution in [0.1, 0.15) is 18.4 Å². The van der Waals surface area contributed by atoms with E-state index in [4.69, 9.17) is 4.74 Å². The number of fused-ring (bicyclic) bond motifs is 1. The van der Waals surface area contributed by atoms with Gasteiger partial charge in [-0.3, -0.25) is 4.90 Å². The summed E-state index contributed by atoms with van der Waals surface area (Å²) in [7, 11) is 0. The fourth-order valence-corrected chi connectivity index (χ4v) is 3.27. The van der Waals surface area contributed by atoms with E-state index in [0.29, 0.717) is 0 Å². The van der Waals surface area contributed by atoms with Gasteiger partial charge in [0, 0.05) is 12.1 Å². The molecule has 1 saturated heterocycles. The Labute approximate surface area is 142 Å². The van der Waals surface area contributed by atoms with Gasteiger partial charge in [-0.1, -0.05) is 6.07 Å². The molecular formula is C20H23N3O. The predicted molar refractivity (Wildman–Crippen MR) is 97.4 cm³/mol. The van der Waals surface area contributed by atoms with Gasteiger partial charge in [0.2, 0.25) is 0 Å². The molecule has 0 aliphatic carbocycles. The highest BCUT2D eigenvalue weighted by atomic mass is 16.5. The molecular weight excluding hydrogens is 298 g/mol. The maximum atomic E-state index is 5.86. The molecule has 0 saturated carbocycles. The number of aryl methyl sites for hydroxylation is 1. The Hall–Kier alpha value is -2.33. The molecule has 1 aliphatic rings. The first-order valence-corrected chi connectivity index (χ1v) is 8.70. The van der Waals surface area contributed by atoms with Crippen LogP contribution >= 0.6 is 0 Å². The van der Waals surface area contributed by atoms with Crippen molar-refractivity contribution < 1.29 is 4.74 Å². The number of hydrogen-bond donors (Lipinski definition) is 1. The lowest BCUT2D eigenvalue weighted by Gasteiger charge is -2.14. The molecule has 3 aromatic rings. The van der Waals surface area contributed by atoms with Crippen LogP contribution in [0.15, 0.2) is 42.5 Å². The van der Waals surface area contributed by atoms with Crippen LogP contribution in [0.3, 0.4) is 0 Å². The van der Waals surface area contributed by atoms with Gasteiger partial charge in [-0.05, 0) is 74.8 Å². The van der Waals surface area contributed by atoms with Crippen molar-refractivity contribution in [2.24, 2.45) is 0 Å². The summed E-state index contributed by atoms with van der Waals surface area (Å²) in [6.07, 6.45) is 2.65. The highest BCUT2D eigenvalue weighted by molar-refractivity contribution is 5.80. The van der Waals surface area contributed by atoms with Crippen LogP contribution < -0.4 is 4.74 Å². The molecule has 0 atom stereocenters. The SMILES string of the molecule is Cc1ccc2nc(-c3ccc(OCCN4CCCC4)cc3)[nH]c2c1. The Kier molecular flexibility index (Phi) is 4.22. The largest absolute Gasteiger partial charge is 0.492 e. The van der Waals surface area contributed by atoms with Crippen molar-refractivity contribution in [3.8, 4) is 17.1 Å². The second kappa shape index (κ2) is 6.65. The molecule has 4 nitrogen and oxygen atoms in total. The smallest absolute Gasteiger partial charge is 0.138 e. The van der Waals surface area contributed by atoms with Gasteiger partial charge in [-0.25, -0.2) is 4.98 Å². The summed E-state index contributed by atoms with van der Waals surface area (Å²) >= 11 is 0. The number of H-pyrrole nitrogens is 1. The molecule has 24 heavy (non-hydrogen) atoms. The van der Waals surface area contributed by atoms with E-state index in [-0.39, 0.29) is 0 Å². The van der Waals surface area contributed by atoms with Crippen LogP contribution in [-0.4, -0.2) is 41.1 Å². The molecule has 1 aliphatic heterocycles. The highest BCUT2D eigenvalue weighted by Gasteiger charge is 2.11. The van der Waals surface area contributed by atoms with Gasteiger partial charge in [0.15, 0.2) is 0 Å². The number of rotatable bonds is 5. The van der Waals surface area contributed by atoms with E-state index in [1.54, 1.807) is 0 Å². The molecule has 0 radical (unpaired) electrons. The predicted octanol–water partition coefficient (Wildman–Crippen LogP) is 4.01. The first-order chi connectivity index (χ1) is 11.8. The Bertz CT molecular complexity index is 817. The summed E-state index contributed by atoms with van der Waals surface area (Å²) < 4.78 is 5.86. The first kappa shape index (κ1) is 15.2. The Balaban J connectivity index is 1.42. The van der Waals surface area contributed by atoms with Crippen molar-refractivity contribution in [3.05, 3.63) is 48.0 Å². The minimum Gasteiger partial charge on any atom is -0.492 e. The van der Waals surface area contributed by atoms with Crippen LogP contribution in [0, 0.1) is 6.92 Å². The van der Waals surface area contributed by atoms with Crippen LogP contribution in [0.4, 0.5) is 0 Å². The second-order valence-electron chi connectivity index (χ2n) is 6.53. The van der Waals surface area contributed by atoms with Crippen molar-refractivity contribution in [1.82, 2.24) is 14.9 Å². The third-order valence-electron chi connectivity index (χ3n) is 4.64.